The summed E-state index contributed by atoms with van der Waals surface area (Å²) < 4.78 is 20.6. The Morgan fingerprint density at radius 3 is 2.75 bits per heavy atom. The number of aliphatic imine (C=N–C) groups is 2. The number of unbranched alkanes of at least 4 members (excludes halogenated alkanes) is 1. The molecule has 1 saturated carbocycles. The highest BCUT2D eigenvalue weighted by molar-refractivity contribution is 6.17. The van der Waals surface area contributed by atoms with E-state index in [4.69, 9.17) is 9.73 Å². The van der Waals surface area contributed by atoms with E-state index >= 15 is 0 Å². The molecule has 0 N–H and O–H groups in total. The van der Waals surface area contributed by atoms with Crippen molar-refractivity contribution >= 4 is 11.9 Å². The predicted octanol–water partition coefficient (Wildman–Crippen LogP) is 8.06. The van der Waals surface area contributed by atoms with Crippen LogP contribution >= 0.6 is 0 Å². The lowest BCUT2D eigenvalue weighted by molar-refractivity contribution is 0.0850. The van der Waals surface area contributed by atoms with E-state index in [-0.39, 0.29) is 23.9 Å². The molecule has 0 radical (unpaired) electrons. The maximum atomic E-state index is 14.4. The lowest BCUT2D eigenvalue weighted by atomic mass is 9.67. The zero-order valence-corrected chi connectivity index (χ0v) is 22.4. The lowest BCUT2D eigenvalue weighted by Gasteiger charge is -2.41. The SMILES string of the molecule is CCCCC1CCCCC1C1=C2C=C(C3C=C(F)C=C(C)C3)CC(OC)C2N=C(C2=CCCN=C2)C1. The fourth-order valence-electron chi connectivity index (χ4n) is 7.17. The third kappa shape index (κ3) is 5.44. The normalized spacial score (nSPS) is 32.8. The van der Waals surface area contributed by atoms with Gasteiger partial charge in [0.1, 0.15) is 11.9 Å². The molecule has 5 atom stereocenters. The second-order valence-electron chi connectivity index (χ2n) is 11.5. The van der Waals surface area contributed by atoms with Crippen LogP contribution in [-0.2, 0) is 4.74 Å². The van der Waals surface area contributed by atoms with Gasteiger partial charge < -0.3 is 4.74 Å². The molecule has 0 aromatic heterocycles. The quantitative estimate of drug-likeness (QED) is 0.355. The van der Waals surface area contributed by atoms with E-state index in [2.05, 4.69) is 24.1 Å². The van der Waals surface area contributed by atoms with E-state index in [0.717, 1.165) is 43.7 Å². The second-order valence-corrected chi connectivity index (χ2v) is 11.5. The zero-order valence-electron chi connectivity index (χ0n) is 22.4. The smallest absolute Gasteiger partial charge is 0.119 e. The van der Waals surface area contributed by atoms with Crippen molar-refractivity contribution in [2.45, 2.75) is 96.6 Å². The molecule has 4 heteroatoms. The third-order valence-corrected chi connectivity index (χ3v) is 9.01. The first-order valence-electron chi connectivity index (χ1n) is 14.3. The molecule has 0 spiro atoms. The Bertz CT molecular complexity index is 1060. The topological polar surface area (TPSA) is 34.0 Å². The Kier molecular flexibility index (Phi) is 8.20. The van der Waals surface area contributed by atoms with E-state index in [1.54, 1.807) is 11.6 Å². The summed E-state index contributed by atoms with van der Waals surface area (Å²) in [7, 11) is 1.82. The molecular weight excluding hydrogens is 447 g/mol. The molecule has 2 heterocycles. The summed E-state index contributed by atoms with van der Waals surface area (Å²) in [6.07, 6.45) is 23.1. The minimum Gasteiger partial charge on any atom is -0.379 e. The molecule has 0 saturated heterocycles. The number of hydrogen-bond acceptors (Lipinski definition) is 3. The number of nitrogens with zero attached hydrogens (tertiary/aromatic N) is 2. The summed E-state index contributed by atoms with van der Waals surface area (Å²) in [5.41, 5.74) is 7.81. The molecule has 194 valence electrons. The summed E-state index contributed by atoms with van der Waals surface area (Å²) in [6, 6.07) is 0.0246. The summed E-state index contributed by atoms with van der Waals surface area (Å²) >= 11 is 0. The van der Waals surface area contributed by atoms with Crippen LogP contribution < -0.4 is 0 Å². The van der Waals surface area contributed by atoms with Crippen molar-refractivity contribution in [1.82, 2.24) is 0 Å². The predicted molar refractivity (Wildman–Crippen MR) is 148 cm³/mol. The van der Waals surface area contributed by atoms with Crippen molar-refractivity contribution in [3.63, 3.8) is 0 Å². The number of allylic oxidation sites excluding steroid dienone is 6. The van der Waals surface area contributed by atoms with Crippen molar-refractivity contribution < 1.29 is 9.13 Å². The van der Waals surface area contributed by atoms with Gasteiger partial charge in [-0.05, 0) is 75.0 Å². The summed E-state index contributed by atoms with van der Waals surface area (Å²) in [5, 5.41) is 0. The number of hydrogen-bond donors (Lipinski definition) is 0. The van der Waals surface area contributed by atoms with Crippen LogP contribution in [0.2, 0.25) is 0 Å². The largest absolute Gasteiger partial charge is 0.379 e. The van der Waals surface area contributed by atoms with Gasteiger partial charge in [-0.1, -0.05) is 61.5 Å². The highest BCUT2D eigenvalue weighted by Crippen LogP contribution is 2.46. The van der Waals surface area contributed by atoms with Crippen LogP contribution in [0.4, 0.5) is 4.39 Å². The molecular formula is C32H43FN2O. The van der Waals surface area contributed by atoms with Crippen molar-refractivity contribution in [2.75, 3.05) is 13.7 Å². The molecule has 1 fully saturated rings. The maximum absolute atomic E-state index is 14.4. The van der Waals surface area contributed by atoms with Crippen molar-refractivity contribution in [3.8, 4) is 0 Å². The third-order valence-electron chi connectivity index (χ3n) is 9.01. The minimum absolute atomic E-state index is 0.00761. The van der Waals surface area contributed by atoms with Crippen LogP contribution in [0.1, 0.15) is 84.5 Å². The standard InChI is InChI=1S/C32H43FN2O/c1-4-5-9-22-10-6-7-12-27(22)28-19-30(23-11-8-13-34-20-23)35-32-29(28)17-25(18-31(32)36-3)24-14-21(2)15-26(33)16-24/h11,15-17,20,22,24,27,31-32H,4-10,12-14,18-19H2,1-3H3. The van der Waals surface area contributed by atoms with E-state index in [9.17, 15) is 4.39 Å². The number of fused-ring (bicyclic) bond motifs is 1. The van der Waals surface area contributed by atoms with Crippen LogP contribution in [0.15, 0.2) is 68.0 Å². The summed E-state index contributed by atoms with van der Waals surface area (Å²) in [6.45, 7) is 5.23. The van der Waals surface area contributed by atoms with Crippen LogP contribution in [0, 0.1) is 17.8 Å². The monoisotopic (exact) mass is 490 g/mol. The molecule has 3 aliphatic carbocycles. The first-order valence-corrected chi connectivity index (χ1v) is 14.3. The van der Waals surface area contributed by atoms with E-state index in [1.807, 2.05) is 26.3 Å². The van der Waals surface area contributed by atoms with E-state index in [0.29, 0.717) is 5.92 Å². The van der Waals surface area contributed by atoms with Gasteiger partial charge in [-0.15, -0.1) is 0 Å². The molecule has 2 aliphatic heterocycles. The van der Waals surface area contributed by atoms with Gasteiger partial charge in [0, 0.05) is 43.5 Å². The average molecular weight is 491 g/mol. The zero-order chi connectivity index (χ0) is 25.1. The van der Waals surface area contributed by atoms with Crippen molar-refractivity contribution in [3.05, 3.63) is 58.0 Å². The molecule has 5 rings (SSSR count). The Morgan fingerprint density at radius 2 is 2.00 bits per heavy atom. The molecule has 3 nitrogen and oxygen atoms in total. The van der Waals surface area contributed by atoms with Crippen LogP contribution in [0.3, 0.4) is 0 Å². The average Bonchev–Trinajstić information content (AvgIpc) is 2.90. The maximum Gasteiger partial charge on any atom is 0.119 e. The first kappa shape index (κ1) is 25.6. The van der Waals surface area contributed by atoms with E-state index in [1.165, 1.54) is 67.4 Å². The van der Waals surface area contributed by atoms with E-state index < -0.39 is 0 Å². The number of rotatable bonds is 7. The highest BCUT2D eigenvalue weighted by atomic mass is 19.1. The lowest BCUT2D eigenvalue weighted by Crippen LogP contribution is -2.39. The van der Waals surface area contributed by atoms with Crippen LogP contribution in [0.5, 0.6) is 0 Å². The molecule has 0 amide bonds. The fourth-order valence-corrected chi connectivity index (χ4v) is 7.17. The van der Waals surface area contributed by atoms with Crippen molar-refractivity contribution in [2.24, 2.45) is 27.7 Å². The Labute approximate surface area is 217 Å². The minimum atomic E-state index is -0.102. The number of methoxy groups -OCH3 is 1. The summed E-state index contributed by atoms with van der Waals surface area (Å²) in [5.74, 6) is 1.38. The number of halogens is 1. The summed E-state index contributed by atoms with van der Waals surface area (Å²) in [4.78, 5) is 9.93. The van der Waals surface area contributed by atoms with Gasteiger partial charge in [0.2, 0.25) is 0 Å². The fraction of sp³-hybridized carbons (Fsp3) is 0.625. The Hall–Kier alpha value is -2.07. The first-order chi connectivity index (χ1) is 17.6. The molecule has 5 aliphatic rings. The Balaban J connectivity index is 1.57. The van der Waals surface area contributed by atoms with Gasteiger partial charge in [0.05, 0.1) is 6.10 Å². The van der Waals surface area contributed by atoms with Crippen LogP contribution in [0.25, 0.3) is 0 Å². The van der Waals surface area contributed by atoms with Gasteiger partial charge in [-0.25, -0.2) is 4.39 Å². The Morgan fingerprint density at radius 1 is 1.14 bits per heavy atom. The van der Waals surface area contributed by atoms with Gasteiger partial charge in [0.25, 0.3) is 0 Å². The van der Waals surface area contributed by atoms with Crippen LogP contribution in [-0.4, -0.2) is 37.7 Å². The highest BCUT2D eigenvalue weighted by Gasteiger charge is 2.40. The van der Waals surface area contributed by atoms with Gasteiger partial charge in [-0.2, -0.15) is 0 Å². The molecule has 36 heavy (non-hydrogen) atoms. The van der Waals surface area contributed by atoms with Gasteiger partial charge in [-0.3, -0.25) is 9.98 Å². The molecule has 0 aromatic rings. The molecule has 0 bridgehead atoms. The number of ether oxygens (including phenoxy) is 1. The van der Waals surface area contributed by atoms with Gasteiger partial charge >= 0.3 is 0 Å². The molecule has 5 unspecified atom stereocenters. The van der Waals surface area contributed by atoms with Crippen molar-refractivity contribution in [1.29, 1.82) is 0 Å². The molecule has 0 aromatic carbocycles. The number of dihydropyridines is 2. The van der Waals surface area contributed by atoms with Gasteiger partial charge in [0.15, 0.2) is 0 Å². The second kappa shape index (κ2) is 11.5.